The molecule has 0 rings (SSSR count). The third-order valence-corrected chi connectivity index (χ3v) is 2.88. The number of unbranched alkanes of at least 4 members (excludes halogenated alkanes) is 3. The number of hydrogen-bond donors (Lipinski definition) is 0. The lowest BCUT2D eigenvalue weighted by atomic mass is 10.2. The lowest BCUT2D eigenvalue weighted by Gasteiger charge is -2.07. The zero-order valence-electron chi connectivity index (χ0n) is 8.51. The van der Waals surface area contributed by atoms with Crippen molar-refractivity contribution in [2.45, 2.75) is 50.8 Å². The third-order valence-electron chi connectivity index (χ3n) is 1.86. The summed E-state index contributed by atoms with van der Waals surface area (Å²) >= 11 is 3.25. The van der Waals surface area contributed by atoms with E-state index in [2.05, 4.69) is 22.9 Å². The van der Waals surface area contributed by atoms with Gasteiger partial charge in [-0.2, -0.15) is 0 Å². The maximum absolute atomic E-state index is 11.1. The second kappa shape index (κ2) is 8.54. The Labute approximate surface area is 89.2 Å². The third kappa shape index (κ3) is 7.05. The fraction of sp³-hybridized carbons (Fsp3) is 0.900. The van der Waals surface area contributed by atoms with Crippen molar-refractivity contribution < 1.29 is 9.53 Å². The summed E-state index contributed by atoms with van der Waals surface area (Å²) in [6.07, 6.45) is 5.37. The van der Waals surface area contributed by atoms with Crippen molar-refractivity contribution in [1.82, 2.24) is 0 Å². The number of carbonyl (C=O) groups is 1. The molecule has 0 amide bonds. The fourth-order valence-electron chi connectivity index (χ4n) is 0.959. The van der Waals surface area contributed by atoms with Crippen LogP contribution in [0.4, 0.5) is 0 Å². The summed E-state index contributed by atoms with van der Waals surface area (Å²) in [5.74, 6) is -0.126. The van der Waals surface area contributed by atoms with Gasteiger partial charge in [0.25, 0.3) is 0 Å². The predicted octanol–water partition coefficient (Wildman–Crippen LogP) is 3.28. The summed E-state index contributed by atoms with van der Waals surface area (Å²) in [5.41, 5.74) is 0. The Morgan fingerprint density at radius 1 is 1.31 bits per heavy atom. The molecule has 13 heavy (non-hydrogen) atoms. The summed E-state index contributed by atoms with van der Waals surface area (Å²) in [5, 5.41) is 0. The van der Waals surface area contributed by atoms with Crippen molar-refractivity contribution in [3.05, 3.63) is 0 Å². The van der Waals surface area contributed by atoms with Crippen LogP contribution in [0.15, 0.2) is 0 Å². The molecule has 0 saturated heterocycles. The zero-order valence-corrected chi connectivity index (χ0v) is 10.1. The number of carbonyl (C=O) groups excluding carboxylic acids is 1. The molecule has 0 saturated carbocycles. The first-order valence-electron chi connectivity index (χ1n) is 5.03. The molecule has 0 aromatic carbocycles. The first-order chi connectivity index (χ1) is 6.22. The molecule has 0 spiro atoms. The standard InChI is InChI=1S/C10H19BrO2/c1-3-5-6-7-8-13-10(12)9(11)4-2/h9H,3-8H2,1-2H3. The Morgan fingerprint density at radius 3 is 2.54 bits per heavy atom. The van der Waals surface area contributed by atoms with Gasteiger partial charge in [0.2, 0.25) is 0 Å². The lowest BCUT2D eigenvalue weighted by molar-refractivity contribution is -0.142. The highest BCUT2D eigenvalue weighted by Gasteiger charge is 2.12. The number of halogens is 1. The van der Waals surface area contributed by atoms with E-state index >= 15 is 0 Å². The second-order valence-electron chi connectivity index (χ2n) is 3.10. The molecule has 0 fully saturated rings. The summed E-state index contributed by atoms with van der Waals surface area (Å²) in [7, 11) is 0. The van der Waals surface area contributed by atoms with Crippen LogP contribution in [0.5, 0.6) is 0 Å². The normalized spacial score (nSPS) is 12.5. The molecule has 0 aliphatic rings. The number of esters is 1. The van der Waals surface area contributed by atoms with Gasteiger partial charge >= 0.3 is 5.97 Å². The van der Waals surface area contributed by atoms with Crippen LogP contribution >= 0.6 is 15.9 Å². The van der Waals surface area contributed by atoms with Gasteiger partial charge in [-0.3, -0.25) is 4.79 Å². The molecule has 0 bridgehead atoms. The molecule has 2 nitrogen and oxygen atoms in total. The Balaban J connectivity index is 3.27. The van der Waals surface area contributed by atoms with Crippen LogP contribution in [0, 0.1) is 0 Å². The van der Waals surface area contributed by atoms with Gasteiger partial charge in [-0.1, -0.05) is 49.0 Å². The molecule has 0 aromatic heterocycles. The quantitative estimate of drug-likeness (QED) is 0.394. The van der Waals surface area contributed by atoms with Gasteiger partial charge in [0.15, 0.2) is 0 Å². The molecule has 78 valence electrons. The average Bonchev–Trinajstić information content (AvgIpc) is 2.16. The smallest absolute Gasteiger partial charge is 0.319 e. The van der Waals surface area contributed by atoms with Gasteiger partial charge in [-0.05, 0) is 12.8 Å². The minimum absolute atomic E-state index is 0.126. The van der Waals surface area contributed by atoms with E-state index in [-0.39, 0.29) is 10.8 Å². The number of ether oxygens (including phenoxy) is 1. The summed E-state index contributed by atoms with van der Waals surface area (Å²) < 4.78 is 5.06. The van der Waals surface area contributed by atoms with Crippen LogP contribution in [0.2, 0.25) is 0 Å². The van der Waals surface area contributed by atoms with E-state index in [1.807, 2.05) is 6.92 Å². The Bertz CT molecular complexity index is 137. The van der Waals surface area contributed by atoms with Crippen LogP contribution in [0.3, 0.4) is 0 Å². The van der Waals surface area contributed by atoms with Crippen LogP contribution in [0.1, 0.15) is 46.0 Å². The largest absolute Gasteiger partial charge is 0.465 e. The monoisotopic (exact) mass is 250 g/mol. The number of hydrogen-bond acceptors (Lipinski definition) is 2. The van der Waals surface area contributed by atoms with Crippen molar-refractivity contribution in [1.29, 1.82) is 0 Å². The minimum Gasteiger partial charge on any atom is -0.465 e. The number of alkyl halides is 1. The molecule has 0 aliphatic heterocycles. The maximum Gasteiger partial charge on any atom is 0.319 e. The Hall–Kier alpha value is -0.0500. The number of rotatable bonds is 7. The van der Waals surface area contributed by atoms with Crippen LogP contribution < -0.4 is 0 Å². The van der Waals surface area contributed by atoms with Crippen molar-refractivity contribution in [3.63, 3.8) is 0 Å². The van der Waals surface area contributed by atoms with E-state index in [0.717, 1.165) is 19.3 Å². The minimum atomic E-state index is -0.126. The zero-order chi connectivity index (χ0) is 10.1. The Morgan fingerprint density at radius 2 is 2.00 bits per heavy atom. The van der Waals surface area contributed by atoms with Gasteiger partial charge in [-0.25, -0.2) is 0 Å². The first-order valence-corrected chi connectivity index (χ1v) is 5.94. The molecule has 3 heteroatoms. The average molecular weight is 251 g/mol. The Kier molecular flexibility index (Phi) is 8.51. The predicted molar refractivity (Wildman–Crippen MR) is 58.1 cm³/mol. The maximum atomic E-state index is 11.1. The summed E-state index contributed by atoms with van der Waals surface area (Å²) in [4.78, 5) is 11.0. The SMILES string of the molecule is CCCCCCOC(=O)C(Br)CC. The lowest BCUT2D eigenvalue weighted by Crippen LogP contribution is -2.16. The van der Waals surface area contributed by atoms with E-state index in [4.69, 9.17) is 4.74 Å². The second-order valence-corrected chi connectivity index (χ2v) is 4.21. The van der Waals surface area contributed by atoms with Crippen molar-refractivity contribution >= 4 is 21.9 Å². The molecule has 0 radical (unpaired) electrons. The van der Waals surface area contributed by atoms with Crippen LogP contribution in [0.25, 0.3) is 0 Å². The summed E-state index contributed by atoms with van der Waals surface area (Å²) in [6.45, 7) is 4.69. The highest BCUT2D eigenvalue weighted by atomic mass is 79.9. The topological polar surface area (TPSA) is 26.3 Å². The van der Waals surface area contributed by atoms with E-state index in [9.17, 15) is 4.79 Å². The first kappa shape index (κ1) is 12.9. The molecule has 1 atom stereocenters. The van der Waals surface area contributed by atoms with E-state index in [0.29, 0.717) is 6.61 Å². The van der Waals surface area contributed by atoms with Crippen LogP contribution in [-0.4, -0.2) is 17.4 Å². The van der Waals surface area contributed by atoms with E-state index in [1.54, 1.807) is 0 Å². The van der Waals surface area contributed by atoms with Crippen molar-refractivity contribution in [2.24, 2.45) is 0 Å². The van der Waals surface area contributed by atoms with Gasteiger partial charge in [0.05, 0.1) is 6.61 Å². The van der Waals surface area contributed by atoms with Crippen LogP contribution in [-0.2, 0) is 9.53 Å². The van der Waals surface area contributed by atoms with Crippen molar-refractivity contribution in [3.8, 4) is 0 Å². The molecular formula is C10H19BrO2. The van der Waals surface area contributed by atoms with Gasteiger partial charge in [-0.15, -0.1) is 0 Å². The molecule has 1 unspecified atom stereocenters. The highest BCUT2D eigenvalue weighted by Crippen LogP contribution is 2.07. The fourth-order valence-corrected chi connectivity index (χ4v) is 1.09. The van der Waals surface area contributed by atoms with Gasteiger partial charge in [0.1, 0.15) is 4.83 Å². The van der Waals surface area contributed by atoms with Crippen molar-refractivity contribution in [2.75, 3.05) is 6.61 Å². The van der Waals surface area contributed by atoms with Gasteiger partial charge in [0, 0.05) is 0 Å². The molecule has 0 aromatic rings. The van der Waals surface area contributed by atoms with Gasteiger partial charge < -0.3 is 4.74 Å². The molecule has 0 N–H and O–H groups in total. The molecule has 0 heterocycles. The molecule has 0 aliphatic carbocycles. The van der Waals surface area contributed by atoms with E-state index in [1.165, 1.54) is 12.8 Å². The summed E-state index contributed by atoms with van der Waals surface area (Å²) in [6, 6.07) is 0. The molecular weight excluding hydrogens is 232 g/mol. The van der Waals surface area contributed by atoms with E-state index < -0.39 is 0 Å². The highest BCUT2D eigenvalue weighted by molar-refractivity contribution is 9.10.